The maximum Gasteiger partial charge on any atom is 0.243 e. The van der Waals surface area contributed by atoms with Gasteiger partial charge in [-0.1, -0.05) is 58.4 Å². The van der Waals surface area contributed by atoms with Gasteiger partial charge < -0.3 is 10.6 Å². The summed E-state index contributed by atoms with van der Waals surface area (Å²) in [5, 5.41) is 6.23. The Labute approximate surface area is 247 Å². The molecule has 212 valence electrons. The van der Waals surface area contributed by atoms with Crippen molar-refractivity contribution in [3.63, 3.8) is 0 Å². The van der Waals surface area contributed by atoms with Gasteiger partial charge in [-0.05, 0) is 67.8 Å². The molecule has 1 aromatic heterocycles. The third-order valence-electron chi connectivity index (χ3n) is 6.93. The number of carbonyl (C=O) groups is 1. The van der Waals surface area contributed by atoms with E-state index in [2.05, 4.69) is 31.5 Å². The highest BCUT2D eigenvalue weighted by Gasteiger charge is 2.39. The summed E-state index contributed by atoms with van der Waals surface area (Å²) in [7, 11) is -3.96. The second-order valence-corrected chi connectivity index (χ2v) is 12.6. The molecule has 1 fully saturated rings. The quantitative estimate of drug-likeness (QED) is 0.244. The van der Waals surface area contributed by atoms with E-state index in [1.807, 2.05) is 67.6 Å². The highest BCUT2D eigenvalue weighted by Crippen LogP contribution is 2.27. The Hall–Kier alpha value is -3.67. The van der Waals surface area contributed by atoms with Crippen LogP contribution in [0.4, 0.5) is 10.3 Å². The second kappa shape index (κ2) is 12.5. The van der Waals surface area contributed by atoms with Crippen LogP contribution in [-0.2, 0) is 21.4 Å². The zero-order chi connectivity index (χ0) is 29.0. The molecule has 5 rings (SSSR count). The van der Waals surface area contributed by atoms with Gasteiger partial charge in [0, 0.05) is 16.6 Å². The summed E-state index contributed by atoms with van der Waals surface area (Å²) < 4.78 is 41.9. The van der Waals surface area contributed by atoms with Crippen LogP contribution in [0.5, 0.6) is 0 Å². The number of anilines is 1. The number of hydrogen-bond acceptors (Lipinski definition) is 6. The van der Waals surface area contributed by atoms with Gasteiger partial charge in [0.25, 0.3) is 0 Å². The maximum atomic E-state index is 13.4. The predicted octanol–water partition coefficient (Wildman–Crippen LogP) is 5.69. The lowest BCUT2D eigenvalue weighted by molar-refractivity contribution is -0.124. The zero-order valence-corrected chi connectivity index (χ0v) is 24.7. The van der Waals surface area contributed by atoms with E-state index in [4.69, 9.17) is 4.98 Å². The average molecular weight is 639 g/mol. The topological polar surface area (TPSA) is 104 Å². The number of rotatable bonds is 9. The lowest BCUT2D eigenvalue weighted by Gasteiger charge is -2.23. The molecule has 0 aliphatic carbocycles. The lowest BCUT2D eigenvalue weighted by Crippen LogP contribution is -2.45. The second-order valence-electron chi connectivity index (χ2n) is 9.80. The predicted molar refractivity (Wildman–Crippen MR) is 159 cm³/mol. The first-order valence-corrected chi connectivity index (χ1v) is 15.4. The molecule has 0 saturated carbocycles. The minimum atomic E-state index is -3.96. The fraction of sp³-hybridized carbons (Fsp3) is 0.233. The third kappa shape index (κ3) is 6.80. The minimum absolute atomic E-state index is 0.0446. The fourth-order valence-corrected chi connectivity index (χ4v) is 6.69. The number of amides is 1. The molecule has 2 atom stereocenters. The van der Waals surface area contributed by atoms with Crippen molar-refractivity contribution in [1.82, 2.24) is 19.6 Å². The van der Waals surface area contributed by atoms with Gasteiger partial charge in [-0.3, -0.25) is 4.79 Å². The number of halogens is 2. The molecule has 0 unspecified atom stereocenters. The van der Waals surface area contributed by atoms with Crippen molar-refractivity contribution in [3.05, 3.63) is 106 Å². The number of nitrogens with zero attached hydrogens (tertiary/aromatic N) is 3. The first kappa shape index (κ1) is 28.8. The van der Waals surface area contributed by atoms with E-state index in [1.54, 1.807) is 0 Å². The molecular formula is C30H29BrFN5O3S. The SMILES string of the molecule is C[C@@H](Nc1nc(CNC(=O)[C@@H]2CCCN2S(=O)(=O)c2ccc(F)cc2)cc(-c2ccc(Br)cc2)n1)c1ccccc1. The van der Waals surface area contributed by atoms with E-state index in [0.29, 0.717) is 30.2 Å². The van der Waals surface area contributed by atoms with Crippen LogP contribution in [0.25, 0.3) is 11.3 Å². The summed E-state index contributed by atoms with van der Waals surface area (Å²) in [5.74, 6) is -0.532. The van der Waals surface area contributed by atoms with E-state index in [0.717, 1.165) is 27.7 Å². The molecule has 3 aromatic carbocycles. The Bertz CT molecular complexity index is 1620. The Morgan fingerprint density at radius 2 is 1.76 bits per heavy atom. The summed E-state index contributed by atoms with van der Waals surface area (Å²) in [6, 6.07) is 23.2. The number of nitrogens with one attached hydrogen (secondary N) is 2. The molecular weight excluding hydrogens is 609 g/mol. The van der Waals surface area contributed by atoms with Crippen LogP contribution in [0.1, 0.15) is 37.1 Å². The molecule has 0 radical (unpaired) electrons. The van der Waals surface area contributed by atoms with Crippen LogP contribution in [0.2, 0.25) is 0 Å². The van der Waals surface area contributed by atoms with Crippen LogP contribution < -0.4 is 10.6 Å². The van der Waals surface area contributed by atoms with Crippen LogP contribution in [0.3, 0.4) is 0 Å². The van der Waals surface area contributed by atoms with Crippen LogP contribution in [0.15, 0.2) is 94.3 Å². The zero-order valence-electron chi connectivity index (χ0n) is 22.3. The van der Waals surface area contributed by atoms with Crippen molar-refractivity contribution in [3.8, 4) is 11.3 Å². The number of carbonyl (C=O) groups excluding carboxylic acids is 1. The Morgan fingerprint density at radius 1 is 1.05 bits per heavy atom. The smallest absolute Gasteiger partial charge is 0.243 e. The van der Waals surface area contributed by atoms with Crippen LogP contribution in [0, 0.1) is 5.82 Å². The molecule has 1 aliphatic heterocycles. The summed E-state index contributed by atoms with van der Waals surface area (Å²) in [4.78, 5) is 22.6. The Kier molecular flexibility index (Phi) is 8.77. The van der Waals surface area contributed by atoms with E-state index < -0.39 is 27.8 Å². The highest BCUT2D eigenvalue weighted by atomic mass is 79.9. The highest BCUT2D eigenvalue weighted by molar-refractivity contribution is 9.10. The van der Waals surface area contributed by atoms with Gasteiger partial charge in [0.15, 0.2) is 0 Å². The normalized spacial score (nSPS) is 16.3. The fourth-order valence-electron chi connectivity index (χ4n) is 4.77. The number of sulfonamides is 1. The standard InChI is InChI=1S/C30H29BrFN5O3S/c1-20(21-6-3-2-4-7-21)34-30-35-25(18-27(36-30)22-9-11-23(31)12-10-22)19-33-29(38)28-8-5-17-37(28)41(39,40)26-15-13-24(32)14-16-26/h2-4,6-7,9-16,18,20,28H,5,8,17,19H2,1H3,(H,33,38)(H,34,35,36)/t20-,28+/m1/s1. The van der Waals surface area contributed by atoms with Gasteiger partial charge in [0.1, 0.15) is 11.9 Å². The number of benzene rings is 3. The van der Waals surface area contributed by atoms with E-state index in [1.165, 1.54) is 16.4 Å². The molecule has 4 aromatic rings. The average Bonchev–Trinajstić information content (AvgIpc) is 3.48. The molecule has 1 amide bonds. The number of aromatic nitrogens is 2. The molecule has 0 bridgehead atoms. The van der Waals surface area contributed by atoms with E-state index in [9.17, 15) is 17.6 Å². The van der Waals surface area contributed by atoms with Gasteiger partial charge in [-0.25, -0.2) is 22.8 Å². The van der Waals surface area contributed by atoms with Gasteiger partial charge >= 0.3 is 0 Å². The third-order valence-corrected chi connectivity index (χ3v) is 9.39. The van der Waals surface area contributed by atoms with Crippen molar-refractivity contribution in [1.29, 1.82) is 0 Å². The first-order valence-electron chi connectivity index (χ1n) is 13.2. The van der Waals surface area contributed by atoms with Crippen molar-refractivity contribution < 1.29 is 17.6 Å². The summed E-state index contributed by atoms with van der Waals surface area (Å²) in [5.41, 5.74) is 3.20. The van der Waals surface area contributed by atoms with Crippen LogP contribution in [-0.4, -0.2) is 41.2 Å². The van der Waals surface area contributed by atoms with Gasteiger partial charge in [-0.2, -0.15) is 4.31 Å². The molecule has 1 saturated heterocycles. The lowest BCUT2D eigenvalue weighted by atomic mass is 10.1. The summed E-state index contributed by atoms with van der Waals surface area (Å²) >= 11 is 3.46. The largest absolute Gasteiger partial charge is 0.349 e. The molecule has 41 heavy (non-hydrogen) atoms. The molecule has 2 heterocycles. The minimum Gasteiger partial charge on any atom is -0.349 e. The maximum absolute atomic E-state index is 13.4. The van der Waals surface area contributed by atoms with Crippen LogP contribution >= 0.6 is 15.9 Å². The van der Waals surface area contributed by atoms with Gasteiger partial charge in [0.05, 0.1) is 28.9 Å². The van der Waals surface area contributed by atoms with Crippen molar-refractivity contribution in [2.24, 2.45) is 0 Å². The molecule has 0 spiro atoms. The molecule has 8 nitrogen and oxygen atoms in total. The summed E-state index contributed by atoms with van der Waals surface area (Å²) in [6.45, 7) is 2.31. The van der Waals surface area contributed by atoms with Crippen molar-refractivity contribution in [2.75, 3.05) is 11.9 Å². The van der Waals surface area contributed by atoms with Gasteiger partial charge in [0.2, 0.25) is 21.9 Å². The molecule has 11 heteroatoms. The molecule has 2 N–H and O–H groups in total. The van der Waals surface area contributed by atoms with E-state index >= 15 is 0 Å². The monoisotopic (exact) mass is 637 g/mol. The first-order chi connectivity index (χ1) is 19.7. The van der Waals surface area contributed by atoms with Gasteiger partial charge in [-0.15, -0.1) is 0 Å². The Morgan fingerprint density at radius 3 is 2.46 bits per heavy atom. The van der Waals surface area contributed by atoms with Crippen molar-refractivity contribution >= 4 is 37.8 Å². The summed E-state index contributed by atoms with van der Waals surface area (Å²) in [6.07, 6.45) is 0.937. The Balaban J connectivity index is 1.36. The van der Waals surface area contributed by atoms with E-state index in [-0.39, 0.29) is 24.0 Å². The molecule has 1 aliphatic rings. The van der Waals surface area contributed by atoms with Crippen molar-refractivity contribution in [2.45, 2.75) is 43.3 Å². The number of hydrogen-bond donors (Lipinski definition) is 2.